The Labute approximate surface area is 157 Å². The number of nitro groups is 1. The van der Waals surface area contributed by atoms with Crippen LogP contribution in [0.4, 0.5) is 11.4 Å². The summed E-state index contributed by atoms with van der Waals surface area (Å²) in [6.07, 6.45) is 0. The molecule has 7 heteroatoms. The lowest BCUT2D eigenvalue weighted by Crippen LogP contribution is -2.24. The van der Waals surface area contributed by atoms with Crippen LogP contribution in [0.3, 0.4) is 0 Å². The van der Waals surface area contributed by atoms with Crippen LogP contribution in [0.1, 0.15) is 30.9 Å². The van der Waals surface area contributed by atoms with Crippen molar-refractivity contribution in [3.63, 3.8) is 0 Å². The van der Waals surface area contributed by atoms with E-state index in [9.17, 15) is 15.4 Å². The molecule has 0 spiro atoms. The molecule has 2 aromatic carbocycles. The van der Waals surface area contributed by atoms with Crippen molar-refractivity contribution in [2.75, 3.05) is 18.0 Å². The molecule has 2 aromatic rings. The van der Waals surface area contributed by atoms with Gasteiger partial charge in [0.25, 0.3) is 5.69 Å². The molecule has 0 saturated heterocycles. The third-order valence-corrected chi connectivity index (χ3v) is 4.78. The van der Waals surface area contributed by atoms with Gasteiger partial charge in [0.2, 0.25) is 5.88 Å². The molecule has 0 aromatic heterocycles. The minimum atomic E-state index is -0.647. The number of nitrogens with zero attached hydrogens (tertiary/aromatic N) is 3. The molecule has 0 saturated carbocycles. The summed E-state index contributed by atoms with van der Waals surface area (Å²) in [5.41, 5.74) is 8.19. The second-order valence-electron chi connectivity index (χ2n) is 6.14. The maximum absolute atomic E-state index is 11.5. The SMILES string of the molecule is CCN(CC)c1ccc2c(c1)OC(N)=C(C#N)[C@H]2c1ccccc1[N+](=O)[O-]. The molecule has 138 valence electrons. The molecule has 0 radical (unpaired) electrons. The molecule has 1 aliphatic rings. The maximum Gasteiger partial charge on any atom is 0.273 e. The van der Waals surface area contributed by atoms with E-state index in [2.05, 4.69) is 24.8 Å². The normalized spacial score (nSPS) is 15.5. The molecule has 0 amide bonds. The van der Waals surface area contributed by atoms with E-state index in [-0.39, 0.29) is 17.1 Å². The highest BCUT2D eigenvalue weighted by Crippen LogP contribution is 2.45. The van der Waals surface area contributed by atoms with Gasteiger partial charge in [-0.3, -0.25) is 10.1 Å². The number of fused-ring (bicyclic) bond motifs is 1. The molecule has 0 fully saturated rings. The Balaban J connectivity index is 2.21. The molecule has 0 bridgehead atoms. The first-order valence-electron chi connectivity index (χ1n) is 8.71. The Morgan fingerprint density at radius 2 is 1.93 bits per heavy atom. The first kappa shape index (κ1) is 18.3. The summed E-state index contributed by atoms with van der Waals surface area (Å²) in [5, 5.41) is 21.1. The summed E-state index contributed by atoms with van der Waals surface area (Å²) < 4.78 is 5.71. The van der Waals surface area contributed by atoms with Crippen molar-refractivity contribution in [2.24, 2.45) is 5.73 Å². The van der Waals surface area contributed by atoms with Crippen LogP contribution in [-0.2, 0) is 0 Å². The zero-order chi connectivity index (χ0) is 19.6. The number of ether oxygens (including phenoxy) is 1. The van der Waals surface area contributed by atoms with Gasteiger partial charge < -0.3 is 15.4 Å². The minimum Gasteiger partial charge on any atom is -0.440 e. The lowest BCUT2D eigenvalue weighted by molar-refractivity contribution is -0.385. The van der Waals surface area contributed by atoms with E-state index in [1.165, 1.54) is 6.07 Å². The van der Waals surface area contributed by atoms with E-state index < -0.39 is 10.8 Å². The fourth-order valence-corrected chi connectivity index (χ4v) is 3.45. The number of para-hydroxylation sites is 1. The van der Waals surface area contributed by atoms with Crippen LogP contribution >= 0.6 is 0 Å². The monoisotopic (exact) mass is 364 g/mol. The molecule has 7 nitrogen and oxygen atoms in total. The third-order valence-electron chi connectivity index (χ3n) is 4.78. The summed E-state index contributed by atoms with van der Waals surface area (Å²) in [6, 6.07) is 14.1. The van der Waals surface area contributed by atoms with Gasteiger partial charge in [-0.05, 0) is 19.9 Å². The third kappa shape index (κ3) is 3.17. The molecule has 3 rings (SSSR count). The summed E-state index contributed by atoms with van der Waals surface area (Å²) in [4.78, 5) is 13.2. The molecule has 0 aliphatic carbocycles. The second kappa shape index (κ2) is 7.38. The largest absolute Gasteiger partial charge is 0.440 e. The number of benzene rings is 2. The van der Waals surface area contributed by atoms with Gasteiger partial charge in [0, 0.05) is 42.0 Å². The zero-order valence-electron chi connectivity index (χ0n) is 15.2. The van der Waals surface area contributed by atoms with Gasteiger partial charge in [0.05, 0.1) is 10.8 Å². The number of rotatable bonds is 5. The van der Waals surface area contributed by atoms with Crippen LogP contribution in [0.25, 0.3) is 0 Å². The van der Waals surface area contributed by atoms with Crippen molar-refractivity contribution < 1.29 is 9.66 Å². The lowest BCUT2D eigenvalue weighted by Gasteiger charge is -2.28. The van der Waals surface area contributed by atoms with Crippen LogP contribution in [0.2, 0.25) is 0 Å². The Morgan fingerprint density at radius 3 is 2.56 bits per heavy atom. The summed E-state index contributed by atoms with van der Waals surface area (Å²) in [5.74, 6) is -0.157. The summed E-state index contributed by atoms with van der Waals surface area (Å²) in [7, 11) is 0. The molecule has 1 atom stereocenters. The average molecular weight is 364 g/mol. The van der Waals surface area contributed by atoms with Crippen LogP contribution in [0.5, 0.6) is 5.75 Å². The molecule has 0 unspecified atom stereocenters. The number of hydrogen-bond donors (Lipinski definition) is 1. The summed E-state index contributed by atoms with van der Waals surface area (Å²) >= 11 is 0. The van der Waals surface area contributed by atoms with Gasteiger partial charge >= 0.3 is 0 Å². The number of hydrogen-bond acceptors (Lipinski definition) is 6. The average Bonchev–Trinajstić information content (AvgIpc) is 2.67. The van der Waals surface area contributed by atoms with Crippen molar-refractivity contribution in [1.82, 2.24) is 0 Å². The minimum absolute atomic E-state index is 0.0233. The van der Waals surface area contributed by atoms with Crippen molar-refractivity contribution in [1.29, 1.82) is 5.26 Å². The van der Waals surface area contributed by atoms with Crippen molar-refractivity contribution >= 4 is 11.4 Å². The second-order valence-corrected chi connectivity index (χ2v) is 6.14. The van der Waals surface area contributed by atoms with E-state index in [0.29, 0.717) is 16.9 Å². The first-order chi connectivity index (χ1) is 13.0. The Bertz CT molecular complexity index is 958. The van der Waals surface area contributed by atoms with Crippen LogP contribution in [0.15, 0.2) is 53.9 Å². The molecular weight excluding hydrogens is 344 g/mol. The smallest absolute Gasteiger partial charge is 0.273 e. The first-order valence-corrected chi connectivity index (χ1v) is 8.71. The quantitative estimate of drug-likeness (QED) is 0.641. The van der Waals surface area contributed by atoms with E-state index in [0.717, 1.165) is 18.8 Å². The number of anilines is 1. The van der Waals surface area contributed by atoms with Crippen LogP contribution < -0.4 is 15.4 Å². The highest BCUT2D eigenvalue weighted by atomic mass is 16.6. The standard InChI is InChI=1S/C20H20N4O3/c1-3-23(4-2)13-9-10-15-18(11-13)27-20(22)16(12-21)19(15)14-7-5-6-8-17(14)24(25)26/h5-11,19H,3-4,22H2,1-2H3/t19-/m0/s1. The van der Waals surface area contributed by atoms with E-state index in [4.69, 9.17) is 10.5 Å². The maximum atomic E-state index is 11.5. The summed E-state index contributed by atoms with van der Waals surface area (Å²) in [6.45, 7) is 5.78. The van der Waals surface area contributed by atoms with Crippen LogP contribution in [0, 0.1) is 21.4 Å². The number of allylic oxidation sites excluding steroid dienone is 1. The Kier molecular flexibility index (Phi) is 4.99. The van der Waals surface area contributed by atoms with Gasteiger partial charge in [-0.15, -0.1) is 0 Å². The topological polar surface area (TPSA) is 105 Å². The number of nitro benzene ring substituents is 1. The molecule has 1 aliphatic heterocycles. The lowest BCUT2D eigenvalue weighted by atomic mass is 9.82. The van der Waals surface area contributed by atoms with Crippen molar-refractivity contribution in [3.8, 4) is 11.8 Å². The molecule has 2 N–H and O–H groups in total. The molecular formula is C20H20N4O3. The predicted molar refractivity (Wildman–Crippen MR) is 102 cm³/mol. The van der Waals surface area contributed by atoms with Gasteiger partial charge in [-0.2, -0.15) is 5.26 Å². The van der Waals surface area contributed by atoms with E-state index in [1.54, 1.807) is 18.2 Å². The fourth-order valence-electron chi connectivity index (χ4n) is 3.45. The van der Waals surface area contributed by atoms with Gasteiger partial charge in [-0.25, -0.2) is 0 Å². The number of nitrogens with two attached hydrogens (primary N) is 1. The fraction of sp³-hybridized carbons (Fsp3) is 0.250. The highest BCUT2D eigenvalue weighted by molar-refractivity contribution is 5.63. The van der Waals surface area contributed by atoms with E-state index >= 15 is 0 Å². The van der Waals surface area contributed by atoms with Crippen molar-refractivity contribution in [2.45, 2.75) is 19.8 Å². The van der Waals surface area contributed by atoms with Gasteiger partial charge in [0.15, 0.2) is 0 Å². The van der Waals surface area contributed by atoms with Crippen molar-refractivity contribution in [3.05, 3.63) is 75.2 Å². The van der Waals surface area contributed by atoms with Gasteiger partial charge in [0.1, 0.15) is 17.4 Å². The predicted octanol–water partition coefficient (Wildman–Crippen LogP) is 3.66. The molecule has 27 heavy (non-hydrogen) atoms. The zero-order valence-corrected chi connectivity index (χ0v) is 15.2. The Morgan fingerprint density at radius 1 is 1.22 bits per heavy atom. The van der Waals surface area contributed by atoms with E-state index in [1.807, 2.05) is 18.2 Å². The van der Waals surface area contributed by atoms with Gasteiger partial charge in [-0.1, -0.05) is 24.3 Å². The number of nitriles is 1. The highest BCUT2D eigenvalue weighted by Gasteiger charge is 2.34. The van der Waals surface area contributed by atoms with Crippen LogP contribution in [-0.4, -0.2) is 18.0 Å². The Hall–Kier alpha value is -3.53. The molecule has 1 heterocycles.